The molecule has 0 radical (unpaired) electrons. The van der Waals surface area contributed by atoms with Gasteiger partial charge in [0.2, 0.25) is 0 Å². The average Bonchev–Trinajstić information content (AvgIpc) is 3.12. The van der Waals surface area contributed by atoms with E-state index in [1.807, 2.05) is 17.5 Å². The van der Waals surface area contributed by atoms with Gasteiger partial charge in [0.25, 0.3) is 5.91 Å². The second kappa shape index (κ2) is 5.61. The van der Waals surface area contributed by atoms with Crippen LogP contribution in [0.2, 0.25) is 0 Å². The minimum atomic E-state index is -3.23. The molecular weight excluding hydrogens is 310 g/mol. The van der Waals surface area contributed by atoms with Gasteiger partial charge in [0, 0.05) is 24.2 Å². The van der Waals surface area contributed by atoms with Gasteiger partial charge >= 0.3 is 0 Å². The minimum Gasteiger partial charge on any atom is -0.337 e. The molecule has 0 aromatic carbocycles. The van der Waals surface area contributed by atoms with Gasteiger partial charge in [-0.05, 0) is 17.9 Å². The topological polar surface area (TPSA) is 83.1 Å². The van der Waals surface area contributed by atoms with Crippen LogP contribution in [0.25, 0.3) is 0 Å². The van der Waals surface area contributed by atoms with Crippen LogP contribution < -0.4 is 0 Å². The lowest BCUT2D eigenvalue weighted by molar-refractivity contribution is 0.0766. The molecule has 2 aromatic rings. The molecule has 1 amide bonds. The number of nitrogens with zero attached hydrogens (tertiary/aromatic N) is 2. The summed E-state index contributed by atoms with van der Waals surface area (Å²) in [5.74, 6) is -0.176. The molecule has 3 heterocycles. The first kappa shape index (κ1) is 14.3. The molecule has 1 aliphatic heterocycles. The number of aromatic nitrogens is 2. The highest BCUT2D eigenvalue weighted by Crippen LogP contribution is 2.32. The Balaban J connectivity index is 1.81. The van der Waals surface area contributed by atoms with Crippen molar-refractivity contribution in [1.82, 2.24) is 15.1 Å². The number of hydrogen-bond donors (Lipinski definition) is 1. The molecule has 112 valence electrons. The van der Waals surface area contributed by atoms with Crippen LogP contribution >= 0.6 is 11.3 Å². The summed E-state index contributed by atoms with van der Waals surface area (Å²) >= 11 is 1.45. The fourth-order valence-corrected chi connectivity index (χ4v) is 5.50. The smallest absolute Gasteiger partial charge is 0.257 e. The molecule has 1 N–H and O–H groups in total. The minimum absolute atomic E-state index is 0.000835. The standard InChI is InChI=1S/C13H15N3O3S2/c17-13(10-8-14-15-9-10)16-4-3-12(11-2-1-6-20-11)21(18,19)7-5-16/h1-2,6,8-9,12H,3-5,7H2,(H,14,15). The molecule has 0 bridgehead atoms. The van der Waals surface area contributed by atoms with Crippen LogP contribution in [0.4, 0.5) is 0 Å². The third-order valence-electron chi connectivity index (χ3n) is 3.63. The molecule has 6 nitrogen and oxygen atoms in total. The summed E-state index contributed by atoms with van der Waals surface area (Å²) in [6, 6.07) is 3.70. The van der Waals surface area contributed by atoms with Crippen LogP contribution in [0.1, 0.15) is 26.9 Å². The monoisotopic (exact) mass is 325 g/mol. The molecule has 1 fully saturated rings. The van der Waals surface area contributed by atoms with Crippen LogP contribution in [-0.4, -0.2) is 48.3 Å². The normalized spacial score (nSPS) is 21.9. The second-order valence-electron chi connectivity index (χ2n) is 4.94. The van der Waals surface area contributed by atoms with E-state index in [-0.39, 0.29) is 18.2 Å². The third kappa shape index (κ3) is 2.86. The largest absolute Gasteiger partial charge is 0.337 e. The zero-order chi connectivity index (χ0) is 14.9. The van der Waals surface area contributed by atoms with Crippen LogP contribution in [0.3, 0.4) is 0 Å². The fourth-order valence-electron chi connectivity index (χ4n) is 2.49. The average molecular weight is 325 g/mol. The number of aromatic amines is 1. The second-order valence-corrected chi connectivity index (χ2v) is 8.22. The molecule has 1 saturated heterocycles. The predicted octanol–water partition coefficient (Wildman–Crippen LogP) is 1.47. The molecule has 1 atom stereocenters. The van der Waals surface area contributed by atoms with Crippen molar-refractivity contribution in [2.24, 2.45) is 0 Å². The van der Waals surface area contributed by atoms with Crippen molar-refractivity contribution in [2.75, 3.05) is 18.8 Å². The van der Waals surface area contributed by atoms with E-state index in [0.29, 0.717) is 18.5 Å². The van der Waals surface area contributed by atoms with E-state index in [2.05, 4.69) is 10.2 Å². The summed E-state index contributed by atoms with van der Waals surface area (Å²) in [6.07, 6.45) is 3.42. The van der Waals surface area contributed by atoms with Crippen molar-refractivity contribution in [1.29, 1.82) is 0 Å². The van der Waals surface area contributed by atoms with E-state index in [4.69, 9.17) is 0 Å². The molecule has 2 aromatic heterocycles. The lowest BCUT2D eigenvalue weighted by Gasteiger charge is -2.18. The zero-order valence-electron chi connectivity index (χ0n) is 11.2. The van der Waals surface area contributed by atoms with Crippen molar-refractivity contribution in [3.8, 4) is 0 Å². The Morgan fingerprint density at radius 3 is 2.95 bits per heavy atom. The van der Waals surface area contributed by atoms with E-state index in [0.717, 1.165) is 4.88 Å². The maximum atomic E-state index is 12.4. The summed E-state index contributed by atoms with van der Waals surface area (Å²) in [5, 5.41) is 7.73. The number of sulfone groups is 1. The molecule has 0 spiro atoms. The van der Waals surface area contributed by atoms with Gasteiger partial charge in [-0.3, -0.25) is 9.89 Å². The van der Waals surface area contributed by atoms with Crippen LogP contribution in [-0.2, 0) is 9.84 Å². The number of carbonyl (C=O) groups is 1. The number of carbonyl (C=O) groups excluding carboxylic acids is 1. The predicted molar refractivity (Wildman–Crippen MR) is 80.0 cm³/mol. The van der Waals surface area contributed by atoms with Gasteiger partial charge in [-0.2, -0.15) is 5.10 Å². The third-order valence-corrected chi connectivity index (χ3v) is 6.88. The number of rotatable bonds is 2. The Bertz CT molecular complexity index is 708. The first-order valence-electron chi connectivity index (χ1n) is 6.61. The summed E-state index contributed by atoms with van der Waals surface area (Å²) in [4.78, 5) is 14.7. The van der Waals surface area contributed by atoms with E-state index >= 15 is 0 Å². The Hall–Kier alpha value is -1.67. The van der Waals surface area contributed by atoms with E-state index in [1.54, 1.807) is 4.90 Å². The highest BCUT2D eigenvalue weighted by molar-refractivity contribution is 7.91. The van der Waals surface area contributed by atoms with Gasteiger partial charge in [0.15, 0.2) is 9.84 Å². The number of thiophene rings is 1. The highest BCUT2D eigenvalue weighted by atomic mass is 32.2. The van der Waals surface area contributed by atoms with Crippen molar-refractivity contribution in [3.63, 3.8) is 0 Å². The Kier molecular flexibility index (Phi) is 3.81. The van der Waals surface area contributed by atoms with E-state index in [9.17, 15) is 13.2 Å². The van der Waals surface area contributed by atoms with Crippen LogP contribution in [0, 0.1) is 0 Å². The van der Waals surface area contributed by atoms with Crippen molar-refractivity contribution < 1.29 is 13.2 Å². The SMILES string of the molecule is O=C(c1cn[nH]c1)N1CCC(c2cccs2)S(=O)(=O)CC1. The van der Waals surface area contributed by atoms with Crippen LogP contribution in [0.5, 0.6) is 0 Å². The molecule has 21 heavy (non-hydrogen) atoms. The highest BCUT2D eigenvalue weighted by Gasteiger charge is 2.33. The van der Waals surface area contributed by atoms with Gasteiger partial charge in [-0.15, -0.1) is 11.3 Å². The van der Waals surface area contributed by atoms with Crippen molar-refractivity contribution >= 4 is 27.1 Å². The van der Waals surface area contributed by atoms with Crippen molar-refractivity contribution in [3.05, 3.63) is 40.3 Å². The molecule has 0 saturated carbocycles. The Labute approximate surface area is 126 Å². The molecule has 3 rings (SSSR count). The lowest BCUT2D eigenvalue weighted by atomic mass is 10.2. The molecule has 8 heteroatoms. The fraction of sp³-hybridized carbons (Fsp3) is 0.385. The maximum absolute atomic E-state index is 12.4. The number of hydrogen-bond acceptors (Lipinski definition) is 5. The number of H-pyrrole nitrogens is 1. The van der Waals surface area contributed by atoms with Crippen LogP contribution in [0.15, 0.2) is 29.9 Å². The molecule has 1 aliphatic rings. The Morgan fingerprint density at radius 1 is 1.43 bits per heavy atom. The van der Waals surface area contributed by atoms with E-state index in [1.165, 1.54) is 23.7 Å². The van der Waals surface area contributed by atoms with Gasteiger partial charge in [-0.25, -0.2) is 8.42 Å². The maximum Gasteiger partial charge on any atom is 0.257 e. The Morgan fingerprint density at radius 2 is 2.29 bits per heavy atom. The van der Waals surface area contributed by atoms with Gasteiger partial charge in [0.05, 0.1) is 22.8 Å². The summed E-state index contributed by atoms with van der Waals surface area (Å²) in [5.41, 5.74) is 0.460. The quantitative estimate of drug-likeness (QED) is 0.906. The van der Waals surface area contributed by atoms with Gasteiger partial charge < -0.3 is 4.90 Å². The lowest BCUT2D eigenvalue weighted by Crippen LogP contribution is -2.33. The number of amides is 1. The van der Waals surface area contributed by atoms with Crippen molar-refractivity contribution in [2.45, 2.75) is 11.7 Å². The first-order chi connectivity index (χ1) is 10.1. The van der Waals surface area contributed by atoms with Gasteiger partial charge in [-0.1, -0.05) is 6.07 Å². The summed E-state index contributed by atoms with van der Waals surface area (Å²) in [7, 11) is -3.23. The zero-order valence-corrected chi connectivity index (χ0v) is 12.9. The van der Waals surface area contributed by atoms with E-state index < -0.39 is 15.1 Å². The summed E-state index contributed by atoms with van der Waals surface area (Å²) < 4.78 is 24.8. The van der Waals surface area contributed by atoms with Gasteiger partial charge in [0.1, 0.15) is 0 Å². The molecule has 0 aliphatic carbocycles. The number of nitrogens with one attached hydrogen (secondary N) is 1. The molecular formula is C13H15N3O3S2. The summed E-state index contributed by atoms with van der Waals surface area (Å²) in [6.45, 7) is 0.667. The first-order valence-corrected chi connectivity index (χ1v) is 9.20. The molecule has 1 unspecified atom stereocenters.